The van der Waals surface area contributed by atoms with Crippen LogP contribution in [0.25, 0.3) is 0 Å². The first-order chi connectivity index (χ1) is 11.0. The molecule has 7 heteroatoms. The third kappa shape index (κ3) is 3.32. The van der Waals surface area contributed by atoms with Gasteiger partial charge in [0.15, 0.2) is 0 Å². The van der Waals surface area contributed by atoms with E-state index in [0.29, 0.717) is 28.8 Å². The zero-order valence-electron chi connectivity index (χ0n) is 12.7. The molecular weight excluding hydrogens is 337 g/mol. The van der Waals surface area contributed by atoms with Gasteiger partial charge in [0, 0.05) is 47.8 Å². The van der Waals surface area contributed by atoms with Gasteiger partial charge < -0.3 is 15.5 Å². The summed E-state index contributed by atoms with van der Waals surface area (Å²) in [4.78, 5) is 28.5. The van der Waals surface area contributed by atoms with Gasteiger partial charge in [0.2, 0.25) is 11.8 Å². The van der Waals surface area contributed by atoms with Gasteiger partial charge >= 0.3 is 0 Å². The van der Waals surface area contributed by atoms with Crippen LogP contribution in [0.15, 0.2) is 18.2 Å². The maximum atomic E-state index is 12.7. The van der Waals surface area contributed by atoms with E-state index in [4.69, 9.17) is 28.9 Å². The molecule has 3 rings (SSSR count). The molecule has 0 saturated carbocycles. The molecule has 0 spiro atoms. The highest BCUT2D eigenvalue weighted by Gasteiger charge is 2.40. The molecule has 2 heterocycles. The first kappa shape index (κ1) is 16.6. The van der Waals surface area contributed by atoms with E-state index in [1.54, 1.807) is 23.1 Å². The van der Waals surface area contributed by atoms with E-state index in [1.807, 2.05) is 4.90 Å². The molecule has 0 aliphatic carbocycles. The number of hydrogen-bond acceptors (Lipinski definition) is 3. The fourth-order valence-electron chi connectivity index (χ4n) is 3.42. The molecule has 2 atom stereocenters. The number of nitrogens with zero attached hydrogens (tertiary/aromatic N) is 2. The quantitative estimate of drug-likeness (QED) is 0.904. The third-order valence-corrected chi connectivity index (χ3v) is 5.00. The first-order valence-corrected chi connectivity index (χ1v) is 8.52. The molecule has 2 amide bonds. The Morgan fingerprint density at radius 3 is 2.61 bits per heavy atom. The van der Waals surface area contributed by atoms with E-state index in [9.17, 15) is 9.59 Å². The summed E-state index contributed by atoms with van der Waals surface area (Å²) in [6.07, 6.45) is 2.13. The van der Waals surface area contributed by atoms with Crippen molar-refractivity contribution in [2.75, 3.05) is 24.5 Å². The Kier molecular flexibility index (Phi) is 4.80. The smallest absolute Gasteiger partial charge is 0.228 e. The summed E-state index contributed by atoms with van der Waals surface area (Å²) in [5.41, 5.74) is 6.38. The Morgan fingerprint density at radius 2 is 1.96 bits per heavy atom. The molecule has 5 nitrogen and oxygen atoms in total. The van der Waals surface area contributed by atoms with Crippen LogP contribution in [-0.4, -0.2) is 42.4 Å². The number of benzene rings is 1. The SMILES string of the molecule is NCC1CCCN1C(=O)C1CC(=O)N(c2cc(Cl)cc(Cl)c2)C1. The largest absolute Gasteiger partial charge is 0.338 e. The third-order valence-electron chi connectivity index (χ3n) is 4.57. The van der Waals surface area contributed by atoms with Crippen molar-refractivity contribution < 1.29 is 9.59 Å². The molecule has 0 radical (unpaired) electrons. The van der Waals surface area contributed by atoms with Crippen LogP contribution in [0.2, 0.25) is 10.0 Å². The molecule has 0 bridgehead atoms. The average Bonchev–Trinajstić information content (AvgIpc) is 3.11. The van der Waals surface area contributed by atoms with Crippen molar-refractivity contribution in [3.8, 4) is 0 Å². The summed E-state index contributed by atoms with van der Waals surface area (Å²) < 4.78 is 0. The lowest BCUT2D eigenvalue weighted by molar-refractivity contribution is -0.136. The number of nitrogens with two attached hydrogens (primary N) is 1. The molecule has 1 aromatic carbocycles. The second-order valence-corrected chi connectivity index (χ2v) is 6.97. The van der Waals surface area contributed by atoms with Crippen LogP contribution in [0.3, 0.4) is 0 Å². The number of amides is 2. The van der Waals surface area contributed by atoms with Crippen LogP contribution in [0.4, 0.5) is 5.69 Å². The Labute approximate surface area is 145 Å². The van der Waals surface area contributed by atoms with Gasteiger partial charge in [0.25, 0.3) is 0 Å². The van der Waals surface area contributed by atoms with Gasteiger partial charge in [0.05, 0.1) is 5.92 Å². The van der Waals surface area contributed by atoms with Gasteiger partial charge in [-0.15, -0.1) is 0 Å². The Balaban J connectivity index is 1.75. The van der Waals surface area contributed by atoms with Crippen LogP contribution in [0.5, 0.6) is 0 Å². The van der Waals surface area contributed by atoms with Gasteiger partial charge in [0.1, 0.15) is 0 Å². The number of halogens is 2. The molecule has 2 fully saturated rings. The highest BCUT2D eigenvalue weighted by Crippen LogP contribution is 2.32. The molecule has 2 unspecified atom stereocenters. The van der Waals surface area contributed by atoms with Gasteiger partial charge in [-0.2, -0.15) is 0 Å². The van der Waals surface area contributed by atoms with Crippen molar-refractivity contribution in [1.82, 2.24) is 4.90 Å². The van der Waals surface area contributed by atoms with Crippen molar-refractivity contribution in [2.45, 2.75) is 25.3 Å². The van der Waals surface area contributed by atoms with E-state index in [-0.39, 0.29) is 30.2 Å². The van der Waals surface area contributed by atoms with Gasteiger partial charge in [-0.3, -0.25) is 9.59 Å². The van der Waals surface area contributed by atoms with E-state index in [0.717, 1.165) is 19.4 Å². The lowest BCUT2D eigenvalue weighted by Gasteiger charge is -2.26. The zero-order valence-corrected chi connectivity index (χ0v) is 14.2. The minimum atomic E-state index is -0.326. The van der Waals surface area contributed by atoms with Crippen molar-refractivity contribution in [3.63, 3.8) is 0 Å². The van der Waals surface area contributed by atoms with Crippen LogP contribution >= 0.6 is 23.2 Å². The van der Waals surface area contributed by atoms with Gasteiger partial charge in [-0.25, -0.2) is 0 Å². The monoisotopic (exact) mass is 355 g/mol. The van der Waals surface area contributed by atoms with Crippen LogP contribution in [-0.2, 0) is 9.59 Å². The van der Waals surface area contributed by atoms with E-state index in [1.165, 1.54) is 0 Å². The van der Waals surface area contributed by atoms with E-state index in [2.05, 4.69) is 0 Å². The molecule has 0 aromatic heterocycles. The van der Waals surface area contributed by atoms with Crippen molar-refractivity contribution in [2.24, 2.45) is 11.7 Å². The highest BCUT2D eigenvalue weighted by molar-refractivity contribution is 6.35. The molecule has 1 aromatic rings. The summed E-state index contributed by atoms with van der Waals surface area (Å²) in [7, 11) is 0. The van der Waals surface area contributed by atoms with E-state index < -0.39 is 0 Å². The molecule has 2 N–H and O–H groups in total. The molecule has 23 heavy (non-hydrogen) atoms. The first-order valence-electron chi connectivity index (χ1n) is 7.76. The summed E-state index contributed by atoms with van der Waals surface area (Å²) in [6.45, 7) is 1.57. The number of carbonyl (C=O) groups excluding carboxylic acids is 2. The van der Waals surface area contributed by atoms with Crippen LogP contribution in [0, 0.1) is 5.92 Å². The Hall–Kier alpha value is -1.30. The summed E-state index contributed by atoms with van der Waals surface area (Å²) in [5.74, 6) is -0.375. The molecule has 2 saturated heterocycles. The molecule has 124 valence electrons. The van der Waals surface area contributed by atoms with Gasteiger partial charge in [-0.1, -0.05) is 23.2 Å². The lowest BCUT2D eigenvalue weighted by atomic mass is 10.1. The maximum absolute atomic E-state index is 12.7. The van der Waals surface area contributed by atoms with Crippen molar-refractivity contribution in [3.05, 3.63) is 28.2 Å². The lowest BCUT2D eigenvalue weighted by Crippen LogP contribution is -2.43. The topological polar surface area (TPSA) is 66.6 Å². The zero-order chi connectivity index (χ0) is 16.6. The number of hydrogen-bond donors (Lipinski definition) is 1. The van der Waals surface area contributed by atoms with Crippen molar-refractivity contribution >= 4 is 40.7 Å². The number of rotatable bonds is 3. The summed E-state index contributed by atoms with van der Waals surface area (Å²) in [6, 6.07) is 5.10. The predicted octanol–water partition coefficient (Wildman–Crippen LogP) is 2.30. The minimum Gasteiger partial charge on any atom is -0.338 e. The van der Waals surface area contributed by atoms with Gasteiger partial charge in [-0.05, 0) is 31.0 Å². The second kappa shape index (κ2) is 6.67. The fraction of sp³-hybridized carbons (Fsp3) is 0.500. The molecule has 2 aliphatic rings. The second-order valence-electron chi connectivity index (χ2n) is 6.10. The summed E-state index contributed by atoms with van der Waals surface area (Å²) in [5, 5.41) is 0.940. The number of likely N-dealkylation sites (tertiary alicyclic amines) is 1. The normalized spacial score (nSPS) is 24.6. The molecule has 2 aliphatic heterocycles. The summed E-state index contributed by atoms with van der Waals surface area (Å²) >= 11 is 12.0. The predicted molar refractivity (Wildman–Crippen MR) is 90.7 cm³/mol. The van der Waals surface area contributed by atoms with Crippen LogP contribution in [0.1, 0.15) is 19.3 Å². The number of carbonyl (C=O) groups is 2. The Morgan fingerprint density at radius 1 is 1.26 bits per heavy atom. The average molecular weight is 356 g/mol. The molecular formula is C16H19Cl2N3O2. The van der Waals surface area contributed by atoms with E-state index >= 15 is 0 Å². The fourth-order valence-corrected chi connectivity index (χ4v) is 3.94. The standard InChI is InChI=1S/C16H19Cl2N3O2/c17-11-5-12(18)7-14(6-11)21-9-10(4-15(21)22)16(23)20-3-1-2-13(20)8-19/h5-7,10,13H,1-4,8-9,19H2. The number of anilines is 1. The Bertz CT molecular complexity index is 618. The van der Waals surface area contributed by atoms with Crippen molar-refractivity contribution in [1.29, 1.82) is 0 Å². The highest BCUT2D eigenvalue weighted by atomic mass is 35.5. The maximum Gasteiger partial charge on any atom is 0.228 e. The van der Waals surface area contributed by atoms with Crippen LogP contribution < -0.4 is 10.6 Å². The minimum absolute atomic E-state index is 0.0296.